The molecule has 0 unspecified atom stereocenters. The minimum absolute atomic E-state index is 0. The Labute approximate surface area is 162 Å². The van der Waals surface area contributed by atoms with Gasteiger partial charge >= 0.3 is 96.5 Å². The van der Waals surface area contributed by atoms with Gasteiger partial charge in [-0.1, -0.05) is 0 Å². The van der Waals surface area contributed by atoms with Gasteiger partial charge in [0, 0.05) is 26.2 Å². The van der Waals surface area contributed by atoms with Crippen molar-refractivity contribution in [2.24, 2.45) is 0 Å². The van der Waals surface area contributed by atoms with Crippen molar-refractivity contribution in [3.05, 3.63) is 0 Å². The van der Waals surface area contributed by atoms with Gasteiger partial charge in [0.25, 0.3) is 0 Å². The first-order valence-electron chi connectivity index (χ1n) is 3.29. The van der Waals surface area contributed by atoms with Gasteiger partial charge in [-0.05, 0) is 0 Å². The molecule has 0 atom stereocenters. The van der Waals surface area contributed by atoms with Gasteiger partial charge in [-0.25, -0.2) is 4.57 Å². The summed E-state index contributed by atoms with van der Waals surface area (Å²) in [7, 11) is -4.34. The standard InChI is InChI=1S/C4H11N2O4P.ClH.3Na.3H/c7-11(8,9)10-6-3-1-5-2-4-6;;;;;;;/h5H,1-4H2,(H2,7,8,9);1H;;;;;;. The van der Waals surface area contributed by atoms with Crippen LogP contribution in [0.1, 0.15) is 0 Å². The molecule has 1 saturated heterocycles. The van der Waals surface area contributed by atoms with Gasteiger partial charge in [-0.3, -0.25) is 0 Å². The van der Waals surface area contributed by atoms with Crippen LogP contribution >= 0.6 is 20.2 Å². The van der Waals surface area contributed by atoms with Crippen molar-refractivity contribution in [1.29, 1.82) is 0 Å². The number of nitrogens with one attached hydrogen (secondary N) is 1. The number of hydrogen-bond acceptors (Lipinski definition) is 4. The summed E-state index contributed by atoms with van der Waals surface area (Å²) in [5, 5.41) is 4.30. The first-order chi connectivity index (χ1) is 5.08. The molecule has 0 bridgehead atoms. The van der Waals surface area contributed by atoms with Crippen LogP contribution < -0.4 is 5.32 Å². The summed E-state index contributed by atoms with van der Waals surface area (Å²) in [6.45, 7) is 2.40. The molecule has 0 amide bonds. The summed E-state index contributed by atoms with van der Waals surface area (Å²) in [6, 6.07) is 0. The summed E-state index contributed by atoms with van der Waals surface area (Å²) in [5.74, 6) is 0. The summed E-state index contributed by atoms with van der Waals surface area (Å²) >= 11 is 0. The summed E-state index contributed by atoms with van der Waals surface area (Å²) in [6.07, 6.45) is 0. The third kappa shape index (κ3) is 15.3. The molecule has 0 radical (unpaired) electrons. The van der Waals surface area contributed by atoms with Crippen molar-refractivity contribution < 1.29 is 19.0 Å². The zero-order valence-electron chi connectivity index (χ0n) is 6.34. The van der Waals surface area contributed by atoms with E-state index in [4.69, 9.17) is 9.79 Å². The molecule has 1 fully saturated rings. The van der Waals surface area contributed by atoms with Crippen LogP contribution in [0, 0.1) is 0 Å². The maximum absolute atomic E-state index is 10.3. The summed E-state index contributed by atoms with van der Waals surface area (Å²) in [4.78, 5) is 16.8. The van der Waals surface area contributed by atoms with Crippen LogP contribution in [0.5, 0.6) is 0 Å². The van der Waals surface area contributed by atoms with Gasteiger partial charge in [-0.15, -0.1) is 12.4 Å². The molecule has 0 aromatic heterocycles. The van der Waals surface area contributed by atoms with Crippen molar-refractivity contribution in [2.75, 3.05) is 26.2 Å². The van der Waals surface area contributed by atoms with Gasteiger partial charge in [0.1, 0.15) is 0 Å². The number of phosphoric acid groups is 1. The van der Waals surface area contributed by atoms with E-state index in [1.807, 2.05) is 0 Å². The molecule has 3 N–H and O–H groups in total. The Hall–Kier alpha value is 3.32. The topological polar surface area (TPSA) is 82.0 Å². The van der Waals surface area contributed by atoms with E-state index in [9.17, 15) is 4.57 Å². The molecule has 0 aromatic carbocycles. The molecule has 15 heavy (non-hydrogen) atoms. The van der Waals surface area contributed by atoms with E-state index in [0.29, 0.717) is 26.2 Å². The molecule has 11 heteroatoms. The molecule has 1 rings (SSSR count). The molecule has 6 nitrogen and oxygen atoms in total. The van der Waals surface area contributed by atoms with Gasteiger partial charge in [0.15, 0.2) is 0 Å². The quantitative estimate of drug-likeness (QED) is 0.382. The Morgan fingerprint density at radius 3 is 1.87 bits per heavy atom. The van der Waals surface area contributed by atoms with E-state index in [-0.39, 0.29) is 101 Å². The molecule has 1 heterocycles. The molecule has 1 aliphatic heterocycles. The van der Waals surface area contributed by atoms with Crippen LogP contribution in [0.25, 0.3) is 0 Å². The second kappa shape index (κ2) is 13.7. The Morgan fingerprint density at radius 1 is 1.13 bits per heavy atom. The van der Waals surface area contributed by atoms with E-state index in [0.717, 1.165) is 0 Å². The zero-order chi connectivity index (χ0) is 8.32. The molecule has 0 aromatic rings. The number of halogens is 1. The Kier molecular flexibility index (Phi) is 24.6. The average Bonchev–Trinajstić information content (AvgIpc) is 1.85. The van der Waals surface area contributed by atoms with Crippen molar-refractivity contribution >= 4 is 109 Å². The number of piperazine rings is 1. The van der Waals surface area contributed by atoms with Crippen LogP contribution in [0.15, 0.2) is 0 Å². The molecule has 80 valence electrons. The van der Waals surface area contributed by atoms with Gasteiger partial charge in [0.2, 0.25) is 0 Å². The van der Waals surface area contributed by atoms with Crippen LogP contribution in [0.3, 0.4) is 0 Å². The van der Waals surface area contributed by atoms with E-state index in [2.05, 4.69) is 9.94 Å². The molecule has 0 aliphatic carbocycles. The SMILES string of the molecule is Cl.O=P(O)(O)ON1CCNCC1.[NaH].[NaH].[NaH]. The van der Waals surface area contributed by atoms with Crippen LogP contribution in [0.2, 0.25) is 0 Å². The number of hydrogen-bond donors (Lipinski definition) is 3. The fourth-order valence-electron chi connectivity index (χ4n) is 0.876. The predicted octanol–water partition coefficient (Wildman–Crippen LogP) is -2.61. The third-order valence-electron chi connectivity index (χ3n) is 1.30. The number of hydroxylamine groups is 2. The first kappa shape index (κ1) is 26.8. The van der Waals surface area contributed by atoms with Crippen LogP contribution in [0.4, 0.5) is 0 Å². The van der Waals surface area contributed by atoms with Crippen molar-refractivity contribution in [3.8, 4) is 0 Å². The van der Waals surface area contributed by atoms with Crippen LogP contribution in [-0.4, -0.2) is 130 Å². The monoisotopic (exact) mass is 290 g/mol. The molecular weight excluding hydrogens is 275 g/mol. The predicted molar refractivity (Wildman–Crippen MR) is 66.3 cm³/mol. The van der Waals surface area contributed by atoms with E-state index in [1.54, 1.807) is 0 Å². The first-order valence-corrected chi connectivity index (χ1v) is 4.82. The second-order valence-electron chi connectivity index (χ2n) is 2.25. The molecule has 0 saturated carbocycles. The van der Waals surface area contributed by atoms with E-state index in [1.165, 1.54) is 5.06 Å². The zero-order valence-corrected chi connectivity index (χ0v) is 8.05. The van der Waals surface area contributed by atoms with Crippen molar-refractivity contribution in [1.82, 2.24) is 10.4 Å². The fraction of sp³-hybridized carbons (Fsp3) is 1.00. The summed E-state index contributed by atoms with van der Waals surface area (Å²) in [5.41, 5.74) is 0. The maximum atomic E-state index is 10.3. The normalized spacial score (nSPS) is 16.1. The van der Waals surface area contributed by atoms with E-state index >= 15 is 0 Å². The molecule has 1 aliphatic rings. The third-order valence-corrected chi connectivity index (χ3v) is 1.74. The van der Waals surface area contributed by atoms with E-state index < -0.39 is 7.82 Å². The van der Waals surface area contributed by atoms with Crippen LogP contribution in [-0.2, 0) is 9.19 Å². The van der Waals surface area contributed by atoms with Gasteiger partial charge < -0.3 is 15.1 Å². The number of nitrogens with zero attached hydrogens (tertiary/aromatic N) is 1. The Morgan fingerprint density at radius 2 is 1.53 bits per heavy atom. The average molecular weight is 291 g/mol. The second-order valence-corrected chi connectivity index (χ2v) is 3.40. The Balaban J connectivity index is -0.000000151. The van der Waals surface area contributed by atoms with Crippen molar-refractivity contribution in [2.45, 2.75) is 0 Å². The molecular formula is C4H15ClN2Na3O4P. The fourth-order valence-corrected chi connectivity index (χ4v) is 1.34. The van der Waals surface area contributed by atoms with Gasteiger partial charge in [0.05, 0.1) is 0 Å². The summed E-state index contributed by atoms with van der Waals surface area (Å²) < 4.78 is 14.6. The van der Waals surface area contributed by atoms with Gasteiger partial charge in [-0.2, -0.15) is 9.69 Å². The Bertz CT molecular complexity index is 179. The molecule has 0 spiro atoms. The minimum atomic E-state index is -4.34. The van der Waals surface area contributed by atoms with Crippen molar-refractivity contribution in [3.63, 3.8) is 0 Å². The number of rotatable bonds is 2.